The normalized spacial score (nSPS) is 16.8. The van der Waals surface area contributed by atoms with Gasteiger partial charge in [-0.05, 0) is 56.9 Å². The molecule has 2 rings (SSSR count). The van der Waals surface area contributed by atoms with Crippen LogP contribution in [0.1, 0.15) is 44.4 Å². The molecule has 2 amide bonds. The first kappa shape index (κ1) is 16.1. The van der Waals surface area contributed by atoms with E-state index in [1.54, 1.807) is 33.9 Å². The Bertz CT molecular complexity index is 591. The van der Waals surface area contributed by atoms with Crippen molar-refractivity contribution in [1.82, 2.24) is 4.90 Å². The molecule has 0 bridgehead atoms. The minimum atomic E-state index is -1.31. The van der Waals surface area contributed by atoms with Gasteiger partial charge in [0.05, 0.1) is 13.2 Å². The lowest BCUT2D eigenvalue weighted by atomic mass is 10.1. The number of ether oxygens (including phenoxy) is 2. The molecule has 0 heterocycles. The van der Waals surface area contributed by atoms with Crippen molar-refractivity contribution in [2.75, 3.05) is 7.11 Å². The summed E-state index contributed by atoms with van der Waals surface area (Å²) in [6.07, 6.45) is -0.888. The summed E-state index contributed by atoms with van der Waals surface area (Å²) in [5.41, 5.74) is 1.08. The number of nitrogens with zero attached hydrogens (tertiary/aromatic N) is 1. The molecule has 6 nitrogen and oxygen atoms in total. The van der Waals surface area contributed by atoms with Gasteiger partial charge in [0, 0.05) is 0 Å². The van der Waals surface area contributed by atoms with Gasteiger partial charge in [-0.2, -0.15) is 0 Å². The molecule has 22 heavy (non-hydrogen) atoms. The molecule has 0 spiro atoms. The summed E-state index contributed by atoms with van der Waals surface area (Å²) in [4.78, 5) is 24.6. The van der Waals surface area contributed by atoms with Crippen LogP contribution in [0.4, 0.5) is 9.59 Å². The lowest BCUT2D eigenvalue weighted by molar-refractivity contribution is 0.0188. The summed E-state index contributed by atoms with van der Waals surface area (Å²) in [6.45, 7) is 5.11. The predicted molar refractivity (Wildman–Crippen MR) is 80.2 cm³/mol. The number of fused-ring (bicyclic) bond motifs is 1. The molecule has 120 valence electrons. The summed E-state index contributed by atoms with van der Waals surface area (Å²) < 4.78 is 10.4. The summed E-state index contributed by atoms with van der Waals surface area (Å²) in [7, 11) is 1.55. The molecular formula is C16H21NO5. The summed E-state index contributed by atoms with van der Waals surface area (Å²) >= 11 is 0. The molecule has 1 aliphatic rings. The zero-order valence-corrected chi connectivity index (χ0v) is 13.3. The molecule has 1 N–H and O–H groups in total. The number of hydrogen-bond acceptors (Lipinski definition) is 4. The molecule has 0 fully saturated rings. The summed E-state index contributed by atoms with van der Waals surface area (Å²) in [6, 6.07) is 4.98. The first-order chi connectivity index (χ1) is 10.2. The number of amides is 2. The van der Waals surface area contributed by atoms with E-state index in [-0.39, 0.29) is 0 Å². The van der Waals surface area contributed by atoms with Crippen LogP contribution in [0, 0.1) is 0 Å². The van der Waals surface area contributed by atoms with Crippen LogP contribution >= 0.6 is 0 Å². The number of carboxylic acid groups (broad SMARTS) is 1. The van der Waals surface area contributed by atoms with Crippen LogP contribution in [0.3, 0.4) is 0 Å². The van der Waals surface area contributed by atoms with E-state index in [0.29, 0.717) is 12.2 Å². The Balaban J connectivity index is 2.33. The van der Waals surface area contributed by atoms with Crippen molar-refractivity contribution in [2.24, 2.45) is 0 Å². The van der Waals surface area contributed by atoms with E-state index < -0.39 is 23.8 Å². The third-order valence-corrected chi connectivity index (χ3v) is 3.51. The average molecular weight is 307 g/mol. The van der Waals surface area contributed by atoms with Gasteiger partial charge in [-0.1, -0.05) is 6.07 Å². The number of carbonyl (C=O) groups excluding carboxylic acids is 1. The van der Waals surface area contributed by atoms with Crippen LogP contribution in [0.2, 0.25) is 0 Å². The van der Waals surface area contributed by atoms with Crippen LogP contribution in [0.5, 0.6) is 5.75 Å². The number of hydrogen-bond donors (Lipinski definition) is 1. The fourth-order valence-electron chi connectivity index (χ4n) is 2.60. The van der Waals surface area contributed by atoms with Crippen molar-refractivity contribution in [3.63, 3.8) is 0 Å². The first-order valence-electron chi connectivity index (χ1n) is 7.15. The van der Waals surface area contributed by atoms with Gasteiger partial charge in [-0.25, -0.2) is 14.5 Å². The molecule has 1 atom stereocenters. The molecule has 0 aromatic heterocycles. The third kappa shape index (κ3) is 3.32. The van der Waals surface area contributed by atoms with E-state index in [2.05, 4.69) is 0 Å². The quantitative estimate of drug-likeness (QED) is 0.903. The summed E-state index contributed by atoms with van der Waals surface area (Å²) in [5.74, 6) is 0.639. The van der Waals surface area contributed by atoms with Crippen molar-refractivity contribution >= 4 is 12.2 Å². The molecular weight excluding hydrogens is 286 g/mol. The maximum absolute atomic E-state index is 12.2. The average Bonchev–Trinajstić information content (AvgIpc) is 2.79. The van der Waals surface area contributed by atoms with E-state index in [1.807, 2.05) is 12.1 Å². The molecule has 0 saturated heterocycles. The molecule has 6 heteroatoms. The zero-order valence-electron chi connectivity index (χ0n) is 13.3. The van der Waals surface area contributed by atoms with Crippen molar-refractivity contribution in [1.29, 1.82) is 0 Å². The minimum absolute atomic E-state index is 0.544. The van der Waals surface area contributed by atoms with Gasteiger partial charge in [0.2, 0.25) is 0 Å². The second-order valence-electron chi connectivity index (χ2n) is 6.25. The van der Waals surface area contributed by atoms with Crippen LogP contribution in [0.15, 0.2) is 18.2 Å². The van der Waals surface area contributed by atoms with E-state index >= 15 is 0 Å². The molecule has 0 radical (unpaired) electrons. The van der Waals surface area contributed by atoms with Crippen molar-refractivity contribution in [3.8, 4) is 5.75 Å². The Morgan fingerprint density at radius 2 is 2.00 bits per heavy atom. The standard InChI is InChI=1S/C16H21NO5/c1-16(2,3)22-15(20)17(14(18)19)13-8-6-10-5-7-11(21-4)9-12(10)13/h5,7,9,13H,6,8H2,1-4H3,(H,18,19). The van der Waals surface area contributed by atoms with Gasteiger partial charge in [0.1, 0.15) is 11.4 Å². The fraction of sp³-hybridized carbons (Fsp3) is 0.500. The highest BCUT2D eigenvalue weighted by Gasteiger charge is 2.38. The fourth-order valence-corrected chi connectivity index (χ4v) is 2.60. The van der Waals surface area contributed by atoms with Gasteiger partial charge in [-0.15, -0.1) is 0 Å². The lowest BCUT2D eigenvalue weighted by Crippen LogP contribution is -2.41. The number of benzene rings is 1. The van der Waals surface area contributed by atoms with E-state index in [1.165, 1.54) is 0 Å². The number of rotatable bonds is 2. The predicted octanol–water partition coefficient (Wildman–Crippen LogP) is 3.60. The summed E-state index contributed by atoms with van der Waals surface area (Å²) in [5, 5.41) is 9.45. The monoisotopic (exact) mass is 307 g/mol. The highest BCUT2D eigenvalue weighted by molar-refractivity contribution is 5.87. The highest BCUT2D eigenvalue weighted by atomic mass is 16.6. The Hall–Kier alpha value is -2.24. The van der Waals surface area contributed by atoms with Gasteiger partial charge in [0.15, 0.2) is 0 Å². The maximum atomic E-state index is 12.2. The Morgan fingerprint density at radius 3 is 2.55 bits per heavy atom. The van der Waals surface area contributed by atoms with Crippen molar-refractivity contribution in [2.45, 2.75) is 45.3 Å². The van der Waals surface area contributed by atoms with Gasteiger partial charge in [-0.3, -0.25) is 0 Å². The molecule has 0 aliphatic heterocycles. The van der Waals surface area contributed by atoms with E-state index in [4.69, 9.17) is 9.47 Å². The molecule has 1 aromatic rings. The Labute approximate surface area is 129 Å². The van der Waals surface area contributed by atoms with Crippen LogP contribution in [-0.2, 0) is 11.2 Å². The van der Waals surface area contributed by atoms with Crippen LogP contribution in [-0.4, -0.2) is 34.9 Å². The second-order valence-corrected chi connectivity index (χ2v) is 6.25. The zero-order chi connectivity index (χ0) is 16.5. The maximum Gasteiger partial charge on any atom is 0.420 e. The van der Waals surface area contributed by atoms with E-state index in [9.17, 15) is 14.7 Å². The van der Waals surface area contributed by atoms with Gasteiger partial charge >= 0.3 is 12.2 Å². The Morgan fingerprint density at radius 1 is 1.32 bits per heavy atom. The van der Waals surface area contributed by atoms with E-state index in [0.717, 1.165) is 22.4 Å². The number of aryl methyl sites for hydroxylation is 1. The van der Waals surface area contributed by atoms with Gasteiger partial charge in [0.25, 0.3) is 0 Å². The minimum Gasteiger partial charge on any atom is -0.497 e. The van der Waals surface area contributed by atoms with Crippen molar-refractivity contribution < 1.29 is 24.2 Å². The first-order valence-corrected chi connectivity index (χ1v) is 7.15. The number of carbonyl (C=O) groups is 2. The second kappa shape index (κ2) is 5.87. The molecule has 1 unspecified atom stereocenters. The topological polar surface area (TPSA) is 76.1 Å². The smallest absolute Gasteiger partial charge is 0.420 e. The third-order valence-electron chi connectivity index (χ3n) is 3.51. The van der Waals surface area contributed by atoms with Gasteiger partial charge < -0.3 is 14.6 Å². The SMILES string of the molecule is COc1ccc2c(c1)C(N(C(=O)O)C(=O)OC(C)(C)C)CC2. The largest absolute Gasteiger partial charge is 0.497 e. The van der Waals surface area contributed by atoms with Crippen LogP contribution in [0.25, 0.3) is 0 Å². The lowest BCUT2D eigenvalue weighted by Gasteiger charge is -2.28. The van der Waals surface area contributed by atoms with Crippen LogP contribution < -0.4 is 4.74 Å². The number of imide groups is 1. The molecule has 0 saturated carbocycles. The van der Waals surface area contributed by atoms with Crippen molar-refractivity contribution in [3.05, 3.63) is 29.3 Å². The highest BCUT2D eigenvalue weighted by Crippen LogP contribution is 2.38. The molecule has 1 aliphatic carbocycles. The number of methoxy groups -OCH3 is 1. The Kier molecular flexibility index (Phi) is 4.30. The molecule has 1 aromatic carbocycles.